The summed E-state index contributed by atoms with van der Waals surface area (Å²) in [5, 5.41) is 8.49. The Hall–Kier alpha value is -2.74. The maximum absolute atomic E-state index is 11.2. The molecule has 0 fully saturated rings. The predicted molar refractivity (Wildman–Crippen MR) is 67.9 cm³/mol. The molecule has 0 aromatic carbocycles. The molecule has 1 aromatic heterocycles. The van der Waals surface area contributed by atoms with E-state index in [0.29, 0.717) is 11.1 Å². The molecule has 0 N–H and O–H groups in total. The highest BCUT2D eigenvalue weighted by atomic mass is 16.5. The minimum atomic E-state index is -0.501. The summed E-state index contributed by atoms with van der Waals surface area (Å²) >= 11 is 0. The number of nitriles is 1. The molecule has 0 saturated carbocycles. The summed E-state index contributed by atoms with van der Waals surface area (Å²) in [5.74, 6) is -0.501. The fourth-order valence-corrected chi connectivity index (χ4v) is 1.07. The van der Waals surface area contributed by atoms with Crippen molar-refractivity contribution in [2.24, 2.45) is 4.99 Å². The van der Waals surface area contributed by atoms with E-state index in [2.05, 4.69) is 27.9 Å². The van der Waals surface area contributed by atoms with Gasteiger partial charge < -0.3 is 4.74 Å². The molecule has 90 valence electrons. The van der Waals surface area contributed by atoms with Gasteiger partial charge in [0.15, 0.2) is 0 Å². The largest absolute Gasteiger partial charge is 0.464 e. The van der Waals surface area contributed by atoms with Crippen molar-refractivity contribution in [2.45, 2.75) is 0 Å². The quantitative estimate of drug-likeness (QED) is 0.459. The maximum Gasteiger partial charge on any atom is 0.356 e. The van der Waals surface area contributed by atoms with E-state index >= 15 is 0 Å². The van der Waals surface area contributed by atoms with Crippen LogP contribution in [0.15, 0.2) is 42.2 Å². The van der Waals surface area contributed by atoms with Gasteiger partial charge in [0.1, 0.15) is 17.5 Å². The normalized spacial score (nSPS) is 9.78. The maximum atomic E-state index is 11.2. The molecule has 0 spiro atoms. The fraction of sp³-hybridized carbons (Fsp3) is 0.0769. The first-order valence-electron chi connectivity index (χ1n) is 4.95. The van der Waals surface area contributed by atoms with E-state index < -0.39 is 5.97 Å². The molecule has 0 unspecified atom stereocenters. The number of aromatic nitrogens is 1. The van der Waals surface area contributed by atoms with Crippen LogP contribution >= 0.6 is 0 Å². The number of carbonyl (C=O) groups is 1. The standard InChI is InChI=1S/C13H11N3O2/c1-9(7-15-10(2)6-14)11-4-5-12(16-8-11)13(17)18-3/h4-5,7-8H,1-2H2,3H3/b15-7+. The molecule has 5 heteroatoms. The zero-order chi connectivity index (χ0) is 13.5. The number of pyridine rings is 1. The molecule has 5 nitrogen and oxygen atoms in total. The lowest BCUT2D eigenvalue weighted by Crippen LogP contribution is -2.04. The van der Waals surface area contributed by atoms with Crippen LogP contribution in [0.2, 0.25) is 0 Å². The minimum absolute atomic E-state index is 0.0929. The van der Waals surface area contributed by atoms with Gasteiger partial charge in [0, 0.05) is 18.0 Å². The van der Waals surface area contributed by atoms with Crippen molar-refractivity contribution in [2.75, 3.05) is 7.11 Å². The van der Waals surface area contributed by atoms with E-state index in [1.54, 1.807) is 12.1 Å². The van der Waals surface area contributed by atoms with Crippen molar-refractivity contribution < 1.29 is 9.53 Å². The molecule has 0 aliphatic rings. The first kappa shape index (κ1) is 13.3. The van der Waals surface area contributed by atoms with Crippen LogP contribution in [0.1, 0.15) is 16.1 Å². The molecule has 0 radical (unpaired) electrons. The minimum Gasteiger partial charge on any atom is -0.464 e. The van der Waals surface area contributed by atoms with Crippen LogP contribution in [0.5, 0.6) is 0 Å². The Labute approximate surface area is 105 Å². The summed E-state index contributed by atoms with van der Waals surface area (Å²) in [6.45, 7) is 7.18. The Kier molecular flexibility index (Phi) is 4.52. The van der Waals surface area contributed by atoms with Crippen LogP contribution in [0.3, 0.4) is 0 Å². The number of esters is 1. The first-order valence-corrected chi connectivity index (χ1v) is 4.95. The van der Waals surface area contributed by atoms with Gasteiger partial charge in [-0.2, -0.15) is 5.26 Å². The van der Waals surface area contributed by atoms with Gasteiger partial charge in [-0.15, -0.1) is 0 Å². The second-order valence-corrected chi connectivity index (χ2v) is 3.27. The Morgan fingerprint density at radius 2 is 2.28 bits per heavy atom. The Bertz CT molecular complexity index is 551. The highest BCUT2D eigenvalue weighted by Gasteiger charge is 2.06. The van der Waals surface area contributed by atoms with Crippen molar-refractivity contribution in [3.05, 3.63) is 48.4 Å². The summed E-state index contributed by atoms with van der Waals surface area (Å²) in [5.41, 5.74) is 1.56. The average molecular weight is 241 g/mol. The third-order valence-electron chi connectivity index (χ3n) is 2.03. The Morgan fingerprint density at radius 3 is 2.78 bits per heavy atom. The molecule has 0 aliphatic heterocycles. The SMILES string of the molecule is C=C(C#N)/N=C/C(=C)c1ccc(C(=O)OC)nc1. The lowest BCUT2D eigenvalue weighted by atomic mass is 10.1. The second kappa shape index (κ2) is 6.11. The van der Waals surface area contributed by atoms with Gasteiger partial charge >= 0.3 is 5.97 Å². The van der Waals surface area contributed by atoms with Crippen LogP contribution in [-0.2, 0) is 4.74 Å². The Balaban J connectivity index is 2.83. The van der Waals surface area contributed by atoms with Crippen molar-refractivity contribution in [1.82, 2.24) is 4.98 Å². The monoisotopic (exact) mass is 241 g/mol. The number of methoxy groups -OCH3 is 1. The van der Waals surface area contributed by atoms with Crippen molar-refractivity contribution in [3.63, 3.8) is 0 Å². The van der Waals surface area contributed by atoms with Crippen molar-refractivity contribution in [3.8, 4) is 6.07 Å². The summed E-state index contributed by atoms with van der Waals surface area (Å²) in [6, 6.07) is 4.99. The van der Waals surface area contributed by atoms with Crippen molar-refractivity contribution in [1.29, 1.82) is 5.26 Å². The number of hydrogen-bond acceptors (Lipinski definition) is 5. The molecule has 1 rings (SSSR count). The topological polar surface area (TPSA) is 75.3 Å². The number of rotatable bonds is 4. The molecular formula is C13H11N3O2. The van der Waals surface area contributed by atoms with Gasteiger partial charge in [0.2, 0.25) is 0 Å². The lowest BCUT2D eigenvalue weighted by Gasteiger charge is -2.01. The molecule has 0 atom stereocenters. The first-order chi connectivity index (χ1) is 8.58. The molecule has 0 bridgehead atoms. The van der Waals surface area contributed by atoms with Crippen molar-refractivity contribution >= 4 is 17.8 Å². The van der Waals surface area contributed by atoms with Gasteiger partial charge in [0.25, 0.3) is 0 Å². The predicted octanol–water partition coefficient (Wildman–Crippen LogP) is 1.99. The molecule has 0 aliphatic carbocycles. The molecule has 0 saturated heterocycles. The van der Waals surface area contributed by atoms with E-state index in [0.717, 1.165) is 0 Å². The smallest absolute Gasteiger partial charge is 0.356 e. The third kappa shape index (κ3) is 3.39. The highest BCUT2D eigenvalue weighted by Crippen LogP contribution is 2.10. The van der Waals surface area contributed by atoms with Gasteiger partial charge in [0.05, 0.1) is 7.11 Å². The highest BCUT2D eigenvalue weighted by molar-refractivity contribution is 6.09. The van der Waals surface area contributed by atoms with Crippen LogP contribution in [0.4, 0.5) is 0 Å². The number of aliphatic imine (C=N–C) groups is 1. The molecule has 18 heavy (non-hydrogen) atoms. The van der Waals surface area contributed by atoms with E-state index in [-0.39, 0.29) is 11.4 Å². The Morgan fingerprint density at radius 1 is 1.56 bits per heavy atom. The number of nitrogens with zero attached hydrogens (tertiary/aromatic N) is 3. The summed E-state index contributed by atoms with van der Waals surface area (Å²) in [4.78, 5) is 18.9. The zero-order valence-electron chi connectivity index (χ0n) is 9.88. The number of allylic oxidation sites excluding steroid dienone is 2. The second-order valence-electron chi connectivity index (χ2n) is 3.27. The van der Waals surface area contributed by atoms with Gasteiger partial charge in [-0.1, -0.05) is 19.2 Å². The van der Waals surface area contributed by atoms with Crippen LogP contribution in [0.25, 0.3) is 5.57 Å². The zero-order valence-corrected chi connectivity index (χ0v) is 9.88. The molecule has 1 heterocycles. The molecule has 1 aromatic rings. The summed E-state index contributed by atoms with van der Waals surface area (Å²) < 4.78 is 4.53. The number of carbonyl (C=O) groups excluding carboxylic acids is 1. The molecule has 0 amide bonds. The van der Waals surface area contributed by atoms with Gasteiger partial charge in [-0.3, -0.25) is 0 Å². The summed E-state index contributed by atoms with van der Waals surface area (Å²) in [6.07, 6.45) is 2.90. The lowest BCUT2D eigenvalue weighted by molar-refractivity contribution is 0.0594. The molecular weight excluding hydrogens is 230 g/mol. The third-order valence-corrected chi connectivity index (χ3v) is 2.03. The van der Waals surface area contributed by atoms with Crippen LogP contribution in [0, 0.1) is 11.3 Å². The van der Waals surface area contributed by atoms with Gasteiger partial charge in [-0.05, 0) is 11.6 Å². The van der Waals surface area contributed by atoms with Gasteiger partial charge in [-0.25, -0.2) is 14.8 Å². The van der Waals surface area contributed by atoms with E-state index in [4.69, 9.17) is 5.26 Å². The van der Waals surface area contributed by atoms with E-state index in [9.17, 15) is 4.79 Å². The van der Waals surface area contributed by atoms with Crippen LogP contribution < -0.4 is 0 Å². The number of hydrogen-bond donors (Lipinski definition) is 0. The fourth-order valence-electron chi connectivity index (χ4n) is 1.07. The van der Waals surface area contributed by atoms with E-state index in [1.807, 2.05) is 0 Å². The summed E-state index contributed by atoms with van der Waals surface area (Å²) in [7, 11) is 1.29. The number of ether oxygens (including phenoxy) is 1. The van der Waals surface area contributed by atoms with Crippen LogP contribution in [-0.4, -0.2) is 24.3 Å². The average Bonchev–Trinajstić information content (AvgIpc) is 2.43. The van der Waals surface area contributed by atoms with E-state index in [1.165, 1.54) is 25.6 Å².